The van der Waals surface area contributed by atoms with Gasteiger partial charge in [-0.15, -0.1) is 0 Å². The number of primary amides is 1. The Hall–Kier alpha value is -5.03. The van der Waals surface area contributed by atoms with Crippen LogP contribution in [-0.4, -0.2) is 131 Å². The fraction of sp³-hybridized carbons (Fsp3) is 0.681. The van der Waals surface area contributed by atoms with E-state index in [0.29, 0.717) is 44.2 Å². The van der Waals surface area contributed by atoms with E-state index < -0.39 is 102 Å². The minimum absolute atomic E-state index is 0.0142. The van der Waals surface area contributed by atoms with Crippen LogP contribution in [0.15, 0.2) is 36.9 Å². The average Bonchev–Trinajstić information content (AvgIpc) is 3.72. The standard InChI is InChI=1S/C47H76N6O11/c1-13-29(9)39(36(55)25-38(56)64-41(28(7)8)42(48)57)50-44(59)40(51-43(58)33(49-11)23-27(5)6)37(14-2)63-47(62)35(24-31-17-19-32(54)20-18-31)52(12)46(61)34-16-15-21-53(34)45(60)30(10)22-26(3)4/h14,17-20,26-30,33-37,39-41,49,54-55H,2,13,15-16,21-25H2,1,3-12H3,(H2,48,57)(H,50,59)(H,51,58)/t29-,30-,33+,34-,35-,36?,37+,39+,40-,41-/m0/s1. The number of phenols is 1. The number of likely N-dealkylation sites (N-methyl/N-ethyl adjacent to an activating group) is 2. The molecule has 0 spiro atoms. The molecule has 0 aromatic heterocycles. The predicted octanol–water partition coefficient (Wildman–Crippen LogP) is 2.99. The molecule has 0 aliphatic carbocycles. The Morgan fingerprint density at radius 2 is 1.55 bits per heavy atom. The smallest absolute Gasteiger partial charge is 0.329 e. The van der Waals surface area contributed by atoms with Crippen molar-refractivity contribution in [2.24, 2.45) is 35.3 Å². The fourth-order valence-corrected chi connectivity index (χ4v) is 7.98. The number of carbonyl (C=O) groups excluding carboxylic acids is 7. The highest BCUT2D eigenvalue weighted by atomic mass is 16.6. The molecule has 0 saturated carbocycles. The first kappa shape index (κ1) is 55.1. The molecule has 360 valence electrons. The number of nitrogens with one attached hydrogen (secondary N) is 3. The van der Waals surface area contributed by atoms with Gasteiger partial charge in [0.1, 0.15) is 30.0 Å². The van der Waals surface area contributed by atoms with Crippen molar-refractivity contribution >= 4 is 41.5 Å². The molecule has 1 unspecified atom stereocenters. The number of rotatable bonds is 26. The number of esters is 2. The van der Waals surface area contributed by atoms with Gasteiger partial charge in [0.2, 0.25) is 23.6 Å². The van der Waals surface area contributed by atoms with Crippen LogP contribution in [0.1, 0.15) is 106 Å². The van der Waals surface area contributed by atoms with Gasteiger partial charge in [0.15, 0.2) is 6.10 Å². The van der Waals surface area contributed by atoms with Crippen molar-refractivity contribution in [3.8, 4) is 5.75 Å². The Bertz CT molecular complexity index is 1740. The van der Waals surface area contributed by atoms with Crippen LogP contribution in [0.5, 0.6) is 5.75 Å². The number of hydrogen-bond acceptors (Lipinski definition) is 12. The maximum Gasteiger partial charge on any atom is 0.329 e. The summed E-state index contributed by atoms with van der Waals surface area (Å²) in [6, 6.07) is 0.409. The highest BCUT2D eigenvalue weighted by molar-refractivity contribution is 5.93. The molecule has 1 saturated heterocycles. The zero-order valence-corrected chi connectivity index (χ0v) is 39.8. The molecule has 5 amide bonds. The van der Waals surface area contributed by atoms with Crippen LogP contribution in [-0.2, 0) is 49.5 Å². The summed E-state index contributed by atoms with van der Waals surface area (Å²) in [6.45, 7) is 20.8. The van der Waals surface area contributed by atoms with Gasteiger partial charge in [0, 0.05) is 25.9 Å². The van der Waals surface area contributed by atoms with Crippen LogP contribution in [0.4, 0.5) is 0 Å². The molecular weight excluding hydrogens is 825 g/mol. The molecule has 1 aliphatic heterocycles. The third kappa shape index (κ3) is 16.2. The fourth-order valence-electron chi connectivity index (χ4n) is 7.98. The quantitative estimate of drug-likeness (QED) is 0.0581. The first-order chi connectivity index (χ1) is 30.0. The first-order valence-corrected chi connectivity index (χ1v) is 22.6. The number of carbonyl (C=O) groups is 7. The number of phenolic OH excluding ortho intramolecular Hbond substituents is 1. The van der Waals surface area contributed by atoms with E-state index >= 15 is 0 Å². The molecule has 17 nitrogen and oxygen atoms in total. The number of benzene rings is 1. The summed E-state index contributed by atoms with van der Waals surface area (Å²) in [7, 11) is 3.04. The minimum Gasteiger partial charge on any atom is -0.508 e. The third-order valence-corrected chi connectivity index (χ3v) is 11.8. The molecule has 1 aliphatic rings. The van der Waals surface area contributed by atoms with Crippen molar-refractivity contribution in [2.45, 2.75) is 156 Å². The largest absolute Gasteiger partial charge is 0.508 e. The van der Waals surface area contributed by atoms with Gasteiger partial charge in [-0.1, -0.05) is 87.4 Å². The number of aliphatic hydroxyl groups is 1. The van der Waals surface area contributed by atoms with Crippen LogP contribution in [0, 0.1) is 29.6 Å². The van der Waals surface area contributed by atoms with Crippen molar-refractivity contribution in [1.29, 1.82) is 0 Å². The Morgan fingerprint density at radius 1 is 0.938 bits per heavy atom. The van der Waals surface area contributed by atoms with Crippen molar-refractivity contribution in [2.75, 3.05) is 20.6 Å². The lowest BCUT2D eigenvalue weighted by Crippen LogP contribution is -2.61. The first-order valence-electron chi connectivity index (χ1n) is 22.6. The SMILES string of the molecule is C=C[C@@H](OC(=O)[C@H](Cc1ccc(O)cc1)N(C)C(=O)[C@@H]1CCCN1C(=O)[C@@H](C)CC(C)C)[C@H](NC(=O)[C@@H](CC(C)C)NC)C(=O)N[C@@H](C(O)CC(=O)O[C@H](C(N)=O)C(C)C)[C@@H](C)CC. The van der Waals surface area contributed by atoms with Gasteiger partial charge in [-0.25, -0.2) is 4.79 Å². The summed E-state index contributed by atoms with van der Waals surface area (Å²) in [5.74, 6) is -5.72. The Kier molecular flexibility index (Phi) is 22.4. The second kappa shape index (κ2) is 26.1. The summed E-state index contributed by atoms with van der Waals surface area (Å²) in [5, 5.41) is 29.8. The Morgan fingerprint density at radius 3 is 2.06 bits per heavy atom. The monoisotopic (exact) mass is 901 g/mol. The molecule has 2 rings (SSSR count). The maximum absolute atomic E-state index is 14.6. The van der Waals surface area contributed by atoms with Gasteiger partial charge in [-0.05, 0) is 80.2 Å². The van der Waals surface area contributed by atoms with Crippen molar-refractivity contribution < 1.29 is 53.2 Å². The molecule has 17 heteroatoms. The normalized spacial score (nSPS) is 18.2. The van der Waals surface area contributed by atoms with Gasteiger partial charge in [-0.3, -0.25) is 28.8 Å². The maximum atomic E-state index is 14.6. The summed E-state index contributed by atoms with van der Waals surface area (Å²) in [4.78, 5) is 98.6. The number of amides is 5. The third-order valence-electron chi connectivity index (χ3n) is 11.8. The second-order valence-corrected chi connectivity index (χ2v) is 18.4. The number of aliphatic hydroxyl groups excluding tert-OH is 1. The molecule has 1 heterocycles. The van der Waals surface area contributed by atoms with Crippen LogP contribution in [0.3, 0.4) is 0 Å². The number of hydrogen-bond donors (Lipinski definition) is 6. The number of ether oxygens (including phenoxy) is 2. The van der Waals surface area contributed by atoms with E-state index in [1.54, 1.807) is 44.9 Å². The zero-order chi connectivity index (χ0) is 48.6. The lowest BCUT2D eigenvalue weighted by atomic mass is 9.92. The predicted molar refractivity (Wildman–Crippen MR) is 242 cm³/mol. The van der Waals surface area contributed by atoms with Crippen LogP contribution in [0.2, 0.25) is 0 Å². The zero-order valence-electron chi connectivity index (χ0n) is 39.8. The summed E-state index contributed by atoms with van der Waals surface area (Å²) >= 11 is 0. The van der Waals surface area contributed by atoms with E-state index in [1.165, 1.54) is 30.2 Å². The van der Waals surface area contributed by atoms with Crippen LogP contribution in [0.25, 0.3) is 0 Å². The number of likely N-dealkylation sites (tertiary alicyclic amines) is 1. The van der Waals surface area contributed by atoms with E-state index in [1.807, 2.05) is 41.5 Å². The van der Waals surface area contributed by atoms with Crippen molar-refractivity contribution in [1.82, 2.24) is 25.8 Å². The lowest BCUT2D eigenvalue weighted by Gasteiger charge is -2.35. The highest BCUT2D eigenvalue weighted by Crippen LogP contribution is 2.26. The number of nitrogens with two attached hydrogens (primary N) is 1. The Balaban J connectivity index is 2.58. The van der Waals surface area contributed by atoms with Gasteiger partial charge < -0.3 is 51.2 Å². The van der Waals surface area contributed by atoms with Gasteiger partial charge in [0.25, 0.3) is 5.91 Å². The molecule has 1 fully saturated rings. The van der Waals surface area contributed by atoms with Crippen LogP contribution >= 0.6 is 0 Å². The molecule has 0 radical (unpaired) electrons. The molecular formula is C47H76N6O11. The van der Waals surface area contributed by atoms with E-state index in [9.17, 15) is 43.8 Å². The average molecular weight is 901 g/mol. The number of aromatic hydroxyl groups is 1. The minimum atomic E-state index is -1.64. The lowest BCUT2D eigenvalue weighted by molar-refractivity contribution is -0.161. The van der Waals surface area contributed by atoms with E-state index in [4.69, 9.17) is 15.2 Å². The van der Waals surface area contributed by atoms with E-state index in [2.05, 4.69) is 22.5 Å². The van der Waals surface area contributed by atoms with E-state index in [-0.39, 0.29) is 35.8 Å². The van der Waals surface area contributed by atoms with Gasteiger partial charge in [0.05, 0.1) is 24.6 Å². The van der Waals surface area contributed by atoms with Gasteiger partial charge in [-0.2, -0.15) is 0 Å². The van der Waals surface area contributed by atoms with Crippen LogP contribution < -0.4 is 21.7 Å². The van der Waals surface area contributed by atoms with Gasteiger partial charge >= 0.3 is 11.9 Å². The van der Waals surface area contributed by atoms with E-state index in [0.717, 1.165) is 0 Å². The summed E-state index contributed by atoms with van der Waals surface area (Å²) in [5.41, 5.74) is 5.98. The number of nitrogens with zero attached hydrogens (tertiary/aromatic N) is 2. The topological polar surface area (TPSA) is 247 Å². The molecule has 64 heavy (non-hydrogen) atoms. The molecule has 0 bridgehead atoms. The highest BCUT2D eigenvalue weighted by Gasteiger charge is 2.43. The molecule has 7 N–H and O–H groups in total. The molecule has 1 aromatic carbocycles. The molecule has 1 aromatic rings. The van der Waals surface area contributed by atoms with Crippen molar-refractivity contribution in [3.05, 3.63) is 42.5 Å². The summed E-state index contributed by atoms with van der Waals surface area (Å²) in [6.07, 6.45) is -1.39. The van der Waals surface area contributed by atoms with Crippen molar-refractivity contribution in [3.63, 3.8) is 0 Å². The second-order valence-electron chi connectivity index (χ2n) is 18.4. The Labute approximate surface area is 379 Å². The summed E-state index contributed by atoms with van der Waals surface area (Å²) < 4.78 is 11.3. The molecule has 10 atom stereocenters.